The van der Waals surface area contributed by atoms with Gasteiger partial charge in [-0.1, -0.05) is 18.2 Å². The van der Waals surface area contributed by atoms with Crippen LogP contribution in [-0.2, 0) is 26.3 Å². The monoisotopic (exact) mass is 573 g/mol. The highest BCUT2D eigenvalue weighted by atomic mass is 32.2. The number of benzene rings is 1. The first-order valence-electron chi connectivity index (χ1n) is 12.6. The molecule has 2 aliphatic heterocycles. The van der Waals surface area contributed by atoms with E-state index in [2.05, 4.69) is 15.2 Å². The highest BCUT2D eigenvalue weighted by molar-refractivity contribution is 7.90. The van der Waals surface area contributed by atoms with Crippen molar-refractivity contribution in [1.82, 2.24) is 28.8 Å². The van der Waals surface area contributed by atoms with Crippen molar-refractivity contribution in [2.24, 2.45) is 5.92 Å². The fraction of sp³-hybridized carbons (Fsp3) is 0.360. The average molecular weight is 574 g/mol. The van der Waals surface area contributed by atoms with Crippen LogP contribution in [-0.4, -0.2) is 82.5 Å². The SMILES string of the molecule is O=C(C1COC1)N1CCN(S(=O)(=O)N(Cc2cn3ccc(-c4nnc(C(F)F)o4)cc3n2)c2ccccc2)CC1. The van der Waals surface area contributed by atoms with E-state index in [1.165, 1.54) is 8.61 Å². The number of pyridine rings is 1. The van der Waals surface area contributed by atoms with Crippen LogP contribution in [0.3, 0.4) is 0 Å². The van der Waals surface area contributed by atoms with Crippen molar-refractivity contribution in [2.75, 3.05) is 43.7 Å². The molecule has 0 spiro atoms. The van der Waals surface area contributed by atoms with Gasteiger partial charge >= 0.3 is 16.6 Å². The number of hydrogen-bond acceptors (Lipinski definition) is 8. The second kappa shape index (κ2) is 10.6. The van der Waals surface area contributed by atoms with Crippen LogP contribution in [0.5, 0.6) is 0 Å². The second-order valence-corrected chi connectivity index (χ2v) is 11.3. The number of halogens is 2. The van der Waals surface area contributed by atoms with Crippen molar-refractivity contribution >= 4 is 27.5 Å². The van der Waals surface area contributed by atoms with Gasteiger partial charge in [-0.05, 0) is 24.3 Å². The third kappa shape index (κ3) is 5.02. The lowest BCUT2D eigenvalue weighted by molar-refractivity contribution is -0.151. The van der Waals surface area contributed by atoms with E-state index in [1.807, 2.05) is 0 Å². The maximum Gasteiger partial charge on any atom is 0.314 e. The number of piperazine rings is 1. The number of hydrogen-bond donors (Lipinski definition) is 0. The Hall–Kier alpha value is -3.95. The topological polar surface area (TPSA) is 126 Å². The Kier molecular flexibility index (Phi) is 6.93. The van der Waals surface area contributed by atoms with Gasteiger partial charge in [0.05, 0.1) is 37.1 Å². The van der Waals surface area contributed by atoms with Crippen molar-refractivity contribution in [3.05, 3.63) is 66.4 Å². The van der Waals surface area contributed by atoms with E-state index in [0.717, 1.165) is 0 Å². The summed E-state index contributed by atoms with van der Waals surface area (Å²) in [6.45, 7) is 1.71. The first-order chi connectivity index (χ1) is 19.3. The number of rotatable bonds is 8. The van der Waals surface area contributed by atoms with Crippen LogP contribution in [0.1, 0.15) is 18.0 Å². The fourth-order valence-corrected chi connectivity index (χ4v) is 6.23. The molecule has 2 saturated heterocycles. The van der Waals surface area contributed by atoms with Crippen molar-refractivity contribution in [3.8, 4) is 11.5 Å². The summed E-state index contributed by atoms with van der Waals surface area (Å²) in [6.07, 6.45) is 0.466. The normalized spacial score (nSPS) is 16.9. The molecule has 1 aromatic carbocycles. The molecule has 0 bridgehead atoms. The molecule has 1 amide bonds. The third-order valence-corrected chi connectivity index (χ3v) is 8.79. The highest BCUT2D eigenvalue weighted by Crippen LogP contribution is 2.27. The average Bonchev–Trinajstić information content (AvgIpc) is 3.58. The quantitative estimate of drug-likeness (QED) is 0.315. The summed E-state index contributed by atoms with van der Waals surface area (Å²) in [4.78, 5) is 18.8. The Bertz CT molecular complexity index is 1620. The molecule has 0 radical (unpaired) electrons. The van der Waals surface area contributed by atoms with Crippen LogP contribution in [0.25, 0.3) is 17.1 Å². The number of para-hydroxylation sites is 1. The lowest BCUT2D eigenvalue weighted by Gasteiger charge is -2.39. The molecular formula is C25H25F2N7O5S. The summed E-state index contributed by atoms with van der Waals surface area (Å²) in [5.41, 5.74) is 1.78. The first kappa shape index (κ1) is 26.3. The summed E-state index contributed by atoms with van der Waals surface area (Å²) in [6, 6.07) is 11.9. The van der Waals surface area contributed by atoms with Crippen LogP contribution >= 0.6 is 0 Å². The lowest BCUT2D eigenvalue weighted by atomic mass is 10.1. The fourth-order valence-electron chi connectivity index (χ4n) is 4.65. The smallest absolute Gasteiger partial charge is 0.314 e. The number of ether oxygens (including phenoxy) is 1. The zero-order valence-corrected chi connectivity index (χ0v) is 22.0. The van der Waals surface area contributed by atoms with E-state index in [9.17, 15) is 22.0 Å². The molecule has 0 saturated carbocycles. The van der Waals surface area contributed by atoms with Gasteiger partial charge in [0.1, 0.15) is 5.65 Å². The zero-order chi connectivity index (χ0) is 27.9. The summed E-state index contributed by atoms with van der Waals surface area (Å²) in [7, 11) is -3.98. The minimum atomic E-state index is -3.98. The number of fused-ring (bicyclic) bond motifs is 1. The Balaban J connectivity index is 1.24. The first-order valence-corrected chi connectivity index (χ1v) is 14.0. The van der Waals surface area contributed by atoms with Gasteiger partial charge in [-0.2, -0.15) is 21.5 Å². The number of alkyl halides is 2. The van der Waals surface area contributed by atoms with Gasteiger partial charge in [0, 0.05) is 44.1 Å². The number of amides is 1. The predicted octanol–water partition coefficient (Wildman–Crippen LogP) is 2.36. The molecule has 2 aliphatic rings. The van der Waals surface area contributed by atoms with Crippen LogP contribution < -0.4 is 4.31 Å². The molecule has 210 valence electrons. The largest absolute Gasteiger partial charge is 0.415 e. The van der Waals surface area contributed by atoms with Gasteiger partial charge in [0.15, 0.2) is 0 Å². The van der Waals surface area contributed by atoms with Crippen LogP contribution in [0.15, 0.2) is 59.3 Å². The molecule has 40 heavy (non-hydrogen) atoms. The summed E-state index contributed by atoms with van der Waals surface area (Å²) in [5.74, 6) is -0.993. The van der Waals surface area contributed by atoms with E-state index in [0.29, 0.717) is 48.9 Å². The standard InChI is InChI=1S/C25H25F2N7O5S/c26-22(27)24-30-29-23(39-24)17-6-7-32-13-19(28-21(32)12-17)14-34(20-4-2-1-3-5-20)40(36,37)33-10-8-31(9-11-33)25(35)18-15-38-16-18/h1-7,12-13,18,22H,8-11,14-16H2. The predicted molar refractivity (Wildman–Crippen MR) is 137 cm³/mol. The number of aromatic nitrogens is 4. The number of nitrogens with zero attached hydrogens (tertiary/aromatic N) is 7. The molecule has 0 aliphatic carbocycles. The van der Waals surface area contributed by atoms with Crippen molar-refractivity contribution in [3.63, 3.8) is 0 Å². The summed E-state index contributed by atoms with van der Waals surface area (Å²) in [5, 5.41) is 7.02. The van der Waals surface area contributed by atoms with E-state index >= 15 is 0 Å². The molecule has 5 heterocycles. The maximum absolute atomic E-state index is 13.9. The van der Waals surface area contributed by atoms with E-state index < -0.39 is 22.5 Å². The molecule has 4 aromatic rings. The summed E-state index contributed by atoms with van der Waals surface area (Å²) < 4.78 is 68.0. The Morgan fingerprint density at radius 2 is 1.82 bits per heavy atom. The van der Waals surface area contributed by atoms with Gasteiger partial charge in [0.25, 0.3) is 5.89 Å². The molecule has 2 fully saturated rings. The number of carbonyl (C=O) groups is 1. The number of carbonyl (C=O) groups excluding carboxylic acids is 1. The molecule has 0 N–H and O–H groups in total. The van der Waals surface area contributed by atoms with Crippen molar-refractivity contribution in [2.45, 2.75) is 13.0 Å². The van der Waals surface area contributed by atoms with Gasteiger partial charge in [-0.15, -0.1) is 10.2 Å². The molecule has 6 rings (SSSR count). The van der Waals surface area contributed by atoms with Gasteiger partial charge in [-0.3, -0.25) is 9.10 Å². The van der Waals surface area contributed by atoms with Crippen LogP contribution in [0, 0.1) is 5.92 Å². The lowest BCUT2D eigenvalue weighted by Crippen LogP contribution is -2.56. The van der Waals surface area contributed by atoms with Gasteiger partial charge in [-0.25, -0.2) is 4.98 Å². The third-order valence-electron chi connectivity index (χ3n) is 6.88. The van der Waals surface area contributed by atoms with Crippen molar-refractivity contribution in [1.29, 1.82) is 0 Å². The van der Waals surface area contributed by atoms with E-state index in [-0.39, 0.29) is 37.4 Å². The minimum absolute atomic E-state index is 0.00163. The minimum Gasteiger partial charge on any atom is -0.415 e. The van der Waals surface area contributed by atoms with Gasteiger partial charge < -0.3 is 18.5 Å². The second-order valence-electron chi connectivity index (χ2n) is 9.47. The molecule has 3 aromatic heterocycles. The maximum atomic E-state index is 13.9. The van der Waals surface area contributed by atoms with Crippen LogP contribution in [0.2, 0.25) is 0 Å². The van der Waals surface area contributed by atoms with Crippen molar-refractivity contribution < 1.29 is 31.1 Å². The molecule has 0 atom stereocenters. The van der Waals surface area contributed by atoms with E-state index in [1.54, 1.807) is 64.2 Å². The molecular weight excluding hydrogens is 548 g/mol. The Labute approximate surface area is 228 Å². The van der Waals surface area contributed by atoms with Crippen LogP contribution in [0.4, 0.5) is 14.5 Å². The zero-order valence-electron chi connectivity index (χ0n) is 21.1. The number of imidazole rings is 1. The summed E-state index contributed by atoms with van der Waals surface area (Å²) >= 11 is 0. The highest BCUT2D eigenvalue weighted by Gasteiger charge is 2.37. The Morgan fingerprint density at radius 1 is 1.07 bits per heavy atom. The number of anilines is 1. The molecule has 12 nitrogen and oxygen atoms in total. The van der Waals surface area contributed by atoms with E-state index in [4.69, 9.17) is 9.15 Å². The molecule has 0 unspecified atom stereocenters. The molecule has 15 heteroatoms. The Morgan fingerprint density at radius 3 is 2.48 bits per heavy atom. The van der Waals surface area contributed by atoms with Gasteiger partial charge in [0.2, 0.25) is 11.8 Å².